The lowest BCUT2D eigenvalue weighted by Gasteiger charge is -2.26. The molecule has 0 spiro atoms. The summed E-state index contributed by atoms with van der Waals surface area (Å²) in [5, 5.41) is 0.975. The second-order valence-electron chi connectivity index (χ2n) is 6.16. The van der Waals surface area contributed by atoms with Crippen LogP contribution in [-0.2, 0) is 17.6 Å². The van der Waals surface area contributed by atoms with Crippen molar-refractivity contribution < 1.29 is 4.79 Å². The molecule has 1 amide bonds. The number of carbonyl (C=O) groups is 1. The number of rotatable bonds is 5. The fourth-order valence-electron chi connectivity index (χ4n) is 3.00. The van der Waals surface area contributed by atoms with Gasteiger partial charge in [0.05, 0.1) is 11.4 Å². The summed E-state index contributed by atoms with van der Waals surface area (Å²) in [4.78, 5) is 24.9. The van der Waals surface area contributed by atoms with Crippen LogP contribution in [-0.4, -0.2) is 34.4 Å². The van der Waals surface area contributed by atoms with E-state index >= 15 is 0 Å². The molecule has 0 saturated carbocycles. The van der Waals surface area contributed by atoms with Gasteiger partial charge in [-0.05, 0) is 37.8 Å². The van der Waals surface area contributed by atoms with E-state index in [1.165, 1.54) is 4.88 Å². The molecule has 0 N–H and O–H groups in total. The Labute approximate surface area is 141 Å². The third kappa shape index (κ3) is 3.61. The third-order valence-corrected chi connectivity index (χ3v) is 5.54. The van der Waals surface area contributed by atoms with E-state index in [-0.39, 0.29) is 11.8 Å². The summed E-state index contributed by atoms with van der Waals surface area (Å²) in [5.41, 5.74) is 2.09. The van der Waals surface area contributed by atoms with Gasteiger partial charge in [0, 0.05) is 30.6 Å². The van der Waals surface area contributed by atoms with Crippen LogP contribution in [0, 0.1) is 5.92 Å². The van der Waals surface area contributed by atoms with Crippen LogP contribution >= 0.6 is 11.3 Å². The highest BCUT2D eigenvalue weighted by molar-refractivity contribution is 7.15. The van der Waals surface area contributed by atoms with Gasteiger partial charge in [0.1, 0.15) is 5.01 Å². The van der Waals surface area contributed by atoms with Crippen LogP contribution in [0.25, 0.3) is 10.7 Å². The molecule has 1 atom stereocenters. The average molecular weight is 329 g/mol. The van der Waals surface area contributed by atoms with Gasteiger partial charge in [0.2, 0.25) is 5.91 Å². The maximum Gasteiger partial charge on any atom is 0.225 e. The molecule has 2 heterocycles. The Morgan fingerprint density at radius 2 is 2.30 bits per heavy atom. The van der Waals surface area contributed by atoms with Crippen molar-refractivity contribution in [1.82, 2.24) is 14.9 Å². The first-order chi connectivity index (χ1) is 11.2. The highest BCUT2D eigenvalue weighted by atomic mass is 32.1. The molecule has 0 bridgehead atoms. The number of aromatic nitrogens is 2. The minimum Gasteiger partial charge on any atom is -0.346 e. The molecule has 1 unspecified atom stereocenters. The van der Waals surface area contributed by atoms with Crippen LogP contribution in [0.5, 0.6) is 0 Å². The molecule has 3 rings (SSSR count). The largest absolute Gasteiger partial charge is 0.346 e. The number of amides is 1. The number of nitrogens with zero attached hydrogens (tertiary/aromatic N) is 3. The maximum absolute atomic E-state index is 12.6. The number of hydrogen-bond donors (Lipinski definition) is 0. The maximum atomic E-state index is 12.6. The molecule has 0 saturated heterocycles. The van der Waals surface area contributed by atoms with Crippen molar-refractivity contribution >= 4 is 17.2 Å². The molecule has 1 aliphatic carbocycles. The predicted molar refractivity (Wildman–Crippen MR) is 93.4 cm³/mol. The molecule has 0 radical (unpaired) electrons. The standard InChI is InChI=1S/C18H23N3OS/c1-3-4-11-21(2)18(22)13-8-9-14-16(12-13)23-17(20-14)15-7-5-6-10-19-15/h5-7,10,13H,3-4,8-9,11-12H2,1-2H3. The Balaban J connectivity index is 1.71. The Morgan fingerprint density at radius 1 is 1.43 bits per heavy atom. The molecule has 2 aromatic heterocycles. The lowest BCUT2D eigenvalue weighted by Crippen LogP contribution is -2.36. The second-order valence-corrected chi connectivity index (χ2v) is 7.24. The minimum atomic E-state index is 0.112. The van der Waals surface area contributed by atoms with Gasteiger partial charge in [-0.25, -0.2) is 4.98 Å². The Morgan fingerprint density at radius 3 is 3.04 bits per heavy atom. The van der Waals surface area contributed by atoms with Crippen molar-refractivity contribution in [3.8, 4) is 10.7 Å². The summed E-state index contributed by atoms with van der Waals surface area (Å²) in [6.07, 6.45) is 6.63. The summed E-state index contributed by atoms with van der Waals surface area (Å²) in [6, 6.07) is 5.89. The van der Waals surface area contributed by atoms with Crippen molar-refractivity contribution in [3.63, 3.8) is 0 Å². The minimum absolute atomic E-state index is 0.112. The first-order valence-electron chi connectivity index (χ1n) is 8.34. The number of fused-ring (bicyclic) bond motifs is 1. The third-order valence-electron chi connectivity index (χ3n) is 4.40. The van der Waals surface area contributed by atoms with Gasteiger partial charge in [-0.3, -0.25) is 9.78 Å². The number of unbranched alkanes of at least 4 members (excludes halogenated alkanes) is 1. The number of aryl methyl sites for hydroxylation is 1. The molecule has 4 nitrogen and oxygen atoms in total. The SMILES string of the molecule is CCCCN(C)C(=O)C1CCc2nc(-c3ccccn3)sc2C1. The highest BCUT2D eigenvalue weighted by Crippen LogP contribution is 2.34. The number of carbonyl (C=O) groups excluding carboxylic acids is 1. The Hall–Kier alpha value is -1.75. The number of thiazole rings is 1. The average Bonchev–Trinajstić information content (AvgIpc) is 3.03. The zero-order valence-electron chi connectivity index (χ0n) is 13.8. The second kappa shape index (κ2) is 7.21. The van der Waals surface area contributed by atoms with E-state index in [2.05, 4.69) is 11.9 Å². The smallest absolute Gasteiger partial charge is 0.225 e. The van der Waals surface area contributed by atoms with Gasteiger partial charge in [0.15, 0.2) is 0 Å². The van der Waals surface area contributed by atoms with Crippen LogP contribution in [0.3, 0.4) is 0 Å². The predicted octanol–water partition coefficient (Wildman–Crippen LogP) is 3.57. The van der Waals surface area contributed by atoms with Crippen LogP contribution in [0.2, 0.25) is 0 Å². The number of hydrogen-bond acceptors (Lipinski definition) is 4. The summed E-state index contributed by atoms with van der Waals surface area (Å²) >= 11 is 1.69. The molecule has 0 aromatic carbocycles. The molecular formula is C18H23N3OS. The summed E-state index contributed by atoms with van der Waals surface area (Å²) in [5.74, 6) is 0.401. The van der Waals surface area contributed by atoms with E-state index in [0.717, 1.165) is 55.0 Å². The van der Waals surface area contributed by atoms with Crippen LogP contribution < -0.4 is 0 Å². The summed E-state index contributed by atoms with van der Waals surface area (Å²) in [7, 11) is 1.93. The Kier molecular flexibility index (Phi) is 5.06. The molecular weight excluding hydrogens is 306 g/mol. The normalized spacial score (nSPS) is 16.9. The lowest BCUT2D eigenvalue weighted by molar-refractivity contribution is -0.134. The zero-order chi connectivity index (χ0) is 16.2. The Bertz CT molecular complexity index is 668. The summed E-state index contributed by atoms with van der Waals surface area (Å²) in [6.45, 7) is 3.02. The number of pyridine rings is 1. The lowest BCUT2D eigenvalue weighted by atomic mass is 9.90. The van der Waals surface area contributed by atoms with Crippen molar-refractivity contribution in [1.29, 1.82) is 0 Å². The topological polar surface area (TPSA) is 46.1 Å². The molecule has 0 aliphatic heterocycles. The van der Waals surface area contributed by atoms with Crippen molar-refractivity contribution in [2.24, 2.45) is 5.92 Å². The quantitative estimate of drug-likeness (QED) is 0.842. The van der Waals surface area contributed by atoms with Gasteiger partial charge in [-0.15, -0.1) is 11.3 Å². The van der Waals surface area contributed by atoms with Gasteiger partial charge < -0.3 is 4.90 Å². The first kappa shape index (κ1) is 16.1. The summed E-state index contributed by atoms with van der Waals surface area (Å²) < 4.78 is 0. The van der Waals surface area contributed by atoms with E-state index < -0.39 is 0 Å². The highest BCUT2D eigenvalue weighted by Gasteiger charge is 2.29. The molecule has 0 fully saturated rings. The van der Waals surface area contributed by atoms with E-state index in [9.17, 15) is 4.79 Å². The molecule has 2 aromatic rings. The zero-order valence-corrected chi connectivity index (χ0v) is 14.6. The van der Waals surface area contributed by atoms with E-state index in [1.807, 2.05) is 30.1 Å². The van der Waals surface area contributed by atoms with Gasteiger partial charge in [-0.1, -0.05) is 19.4 Å². The van der Waals surface area contributed by atoms with Gasteiger partial charge in [0.25, 0.3) is 0 Å². The fraction of sp³-hybridized carbons (Fsp3) is 0.500. The van der Waals surface area contributed by atoms with Crippen molar-refractivity contribution in [2.45, 2.75) is 39.0 Å². The first-order valence-corrected chi connectivity index (χ1v) is 9.15. The fourth-order valence-corrected chi connectivity index (χ4v) is 4.17. The molecule has 122 valence electrons. The van der Waals surface area contributed by atoms with Crippen molar-refractivity contribution in [3.05, 3.63) is 35.0 Å². The van der Waals surface area contributed by atoms with Gasteiger partial charge in [-0.2, -0.15) is 0 Å². The van der Waals surface area contributed by atoms with E-state index in [1.54, 1.807) is 17.5 Å². The molecule has 23 heavy (non-hydrogen) atoms. The van der Waals surface area contributed by atoms with Crippen LogP contribution in [0.4, 0.5) is 0 Å². The van der Waals surface area contributed by atoms with E-state index in [4.69, 9.17) is 4.98 Å². The van der Waals surface area contributed by atoms with Crippen LogP contribution in [0.15, 0.2) is 24.4 Å². The molecule has 1 aliphatic rings. The van der Waals surface area contributed by atoms with Crippen molar-refractivity contribution in [2.75, 3.05) is 13.6 Å². The van der Waals surface area contributed by atoms with Crippen LogP contribution in [0.1, 0.15) is 36.8 Å². The van der Waals surface area contributed by atoms with E-state index in [0.29, 0.717) is 0 Å². The monoisotopic (exact) mass is 329 g/mol. The molecule has 5 heteroatoms. The van der Waals surface area contributed by atoms with Gasteiger partial charge >= 0.3 is 0 Å².